The van der Waals surface area contributed by atoms with Crippen molar-refractivity contribution in [3.63, 3.8) is 0 Å². The third-order valence-electron chi connectivity index (χ3n) is 3.64. The first-order chi connectivity index (χ1) is 9.95. The van der Waals surface area contributed by atoms with E-state index in [0.29, 0.717) is 6.54 Å². The van der Waals surface area contributed by atoms with Crippen LogP contribution < -0.4 is 0 Å². The van der Waals surface area contributed by atoms with E-state index in [-0.39, 0.29) is 10.9 Å². The van der Waals surface area contributed by atoms with Gasteiger partial charge in [0.25, 0.3) is 0 Å². The van der Waals surface area contributed by atoms with Crippen LogP contribution in [0.25, 0.3) is 0 Å². The Morgan fingerprint density at radius 3 is 2.43 bits per heavy atom. The summed E-state index contributed by atoms with van der Waals surface area (Å²) >= 11 is 0. The zero-order valence-corrected chi connectivity index (χ0v) is 13.7. The van der Waals surface area contributed by atoms with Crippen LogP contribution in [0.15, 0.2) is 35.5 Å². The van der Waals surface area contributed by atoms with Crippen molar-refractivity contribution in [2.24, 2.45) is 0 Å². The number of aromatic nitrogens is 2. The van der Waals surface area contributed by atoms with E-state index in [1.807, 2.05) is 48.7 Å². The van der Waals surface area contributed by atoms with Crippen molar-refractivity contribution >= 4 is 9.84 Å². The number of imidazole rings is 1. The molecule has 0 saturated heterocycles. The fourth-order valence-electron chi connectivity index (χ4n) is 2.30. The van der Waals surface area contributed by atoms with Gasteiger partial charge in [-0.05, 0) is 25.8 Å². The van der Waals surface area contributed by atoms with Crippen LogP contribution in [-0.4, -0.2) is 18.0 Å². The van der Waals surface area contributed by atoms with Crippen LogP contribution in [0, 0.1) is 13.8 Å². The van der Waals surface area contributed by atoms with Gasteiger partial charge in [0.15, 0.2) is 0 Å². The van der Waals surface area contributed by atoms with Crippen molar-refractivity contribution in [3.8, 4) is 0 Å². The minimum Gasteiger partial charge on any atom is -0.319 e. The van der Waals surface area contributed by atoms with E-state index in [2.05, 4.69) is 11.9 Å². The molecular formula is C16H22N2O2S. The van der Waals surface area contributed by atoms with Crippen LogP contribution in [-0.2, 0) is 22.1 Å². The predicted molar refractivity (Wildman–Crippen MR) is 83.9 cm³/mol. The summed E-state index contributed by atoms with van der Waals surface area (Å²) in [4.78, 5) is 4.31. The van der Waals surface area contributed by atoms with Gasteiger partial charge in [-0.2, -0.15) is 0 Å². The highest BCUT2D eigenvalue weighted by atomic mass is 32.2. The number of benzene rings is 1. The van der Waals surface area contributed by atoms with E-state index in [1.165, 1.54) is 0 Å². The van der Waals surface area contributed by atoms with Gasteiger partial charge < -0.3 is 4.57 Å². The zero-order chi connectivity index (χ0) is 15.5. The monoisotopic (exact) mass is 306 g/mol. The summed E-state index contributed by atoms with van der Waals surface area (Å²) in [5.74, 6) is -0.00411. The largest absolute Gasteiger partial charge is 0.319 e. The molecule has 2 rings (SSSR count). The average Bonchev–Trinajstić information content (AvgIpc) is 2.74. The van der Waals surface area contributed by atoms with Gasteiger partial charge in [-0.3, -0.25) is 0 Å². The highest BCUT2D eigenvalue weighted by molar-refractivity contribution is 7.90. The van der Waals surface area contributed by atoms with Gasteiger partial charge in [0, 0.05) is 12.2 Å². The van der Waals surface area contributed by atoms with Gasteiger partial charge in [0.05, 0.1) is 11.4 Å². The van der Waals surface area contributed by atoms with Crippen LogP contribution in [0.3, 0.4) is 0 Å². The number of nitrogens with zero attached hydrogens (tertiary/aromatic N) is 2. The molecule has 1 heterocycles. The number of rotatable bonds is 6. The van der Waals surface area contributed by atoms with Crippen molar-refractivity contribution in [1.29, 1.82) is 0 Å². The molecule has 0 aliphatic carbocycles. The summed E-state index contributed by atoms with van der Waals surface area (Å²) in [5, 5.41) is 0.204. The second-order valence-corrected chi connectivity index (χ2v) is 7.20. The molecule has 0 spiro atoms. The van der Waals surface area contributed by atoms with Crippen LogP contribution in [0.1, 0.15) is 36.7 Å². The topological polar surface area (TPSA) is 52.0 Å². The van der Waals surface area contributed by atoms with Crippen LogP contribution in [0.2, 0.25) is 0 Å². The smallest absolute Gasteiger partial charge is 0.228 e. The molecule has 0 aliphatic heterocycles. The fourth-order valence-corrected chi connectivity index (χ4v) is 3.90. The van der Waals surface area contributed by atoms with Gasteiger partial charge in [-0.25, -0.2) is 13.4 Å². The first kappa shape index (κ1) is 15.8. The number of hydrogen-bond donors (Lipinski definition) is 0. The molecule has 0 aliphatic rings. The molecule has 0 fully saturated rings. The molecule has 1 aromatic carbocycles. The number of aryl methyl sites for hydroxylation is 1. The summed E-state index contributed by atoms with van der Waals surface area (Å²) < 4.78 is 27.2. The Morgan fingerprint density at radius 2 is 1.81 bits per heavy atom. The van der Waals surface area contributed by atoms with E-state index >= 15 is 0 Å². The maximum atomic E-state index is 12.7. The van der Waals surface area contributed by atoms with E-state index in [1.54, 1.807) is 0 Å². The lowest BCUT2D eigenvalue weighted by Crippen LogP contribution is -2.14. The molecule has 2 aromatic rings. The minimum absolute atomic E-state index is 0.00411. The molecule has 5 heteroatoms. The second-order valence-electron chi connectivity index (χ2n) is 5.32. The summed E-state index contributed by atoms with van der Waals surface area (Å²) in [5.41, 5.74) is 2.52. The Kier molecular flexibility index (Phi) is 4.83. The number of hydrogen-bond acceptors (Lipinski definition) is 3. The van der Waals surface area contributed by atoms with Crippen molar-refractivity contribution in [2.45, 2.75) is 51.1 Å². The SMILES string of the molecule is CCCCn1c(S(=O)(=O)Cc2ccccc2)nc(C)c1C. The molecule has 0 amide bonds. The molecule has 0 unspecified atom stereocenters. The minimum atomic E-state index is -3.42. The lowest BCUT2D eigenvalue weighted by atomic mass is 10.2. The molecule has 0 radical (unpaired) electrons. The Morgan fingerprint density at radius 1 is 1.14 bits per heavy atom. The van der Waals surface area contributed by atoms with Gasteiger partial charge in [0.1, 0.15) is 0 Å². The number of sulfone groups is 1. The molecule has 0 bridgehead atoms. The average molecular weight is 306 g/mol. The van der Waals surface area contributed by atoms with Crippen LogP contribution >= 0.6 is 0 Å². The molecule has 21 heavy (non-hydrogen) atoms. The van der Waals surface area contributed by atoms with Gasteiger partial charge >= 0.3 is 0 Å². The lowest BCUT2D eigenvalue weighted by Gasteiger charge is -2.10. The van der Waals surface area contributed by atoms with E-state index in [0.717, 1.165) is 29.8 Å². The Bertz CT molecular complexity index is 703. The molecule has 0 atom stereocenters. The molecule has 1 aromatic heterocycles. The van der Waals surface area contributed by atoms with Gasteiger partial charge in [-0.1, -0.05) is 43.7 Å². The van der Waals surface area contributed by atoms with Crippen LogP contribution in [0.4, 0.5) is 0 Å². The van der Waals surface area contributed by atoms with E-state index in [4.69, 9.17) is 0 Å². The van der Waals surface area contributed by atoms with Crippen LogP contribution in [0.5, 0.6) is 0 Å². The molecule has 0 N–H and O–H groups in total. The second kappa shape index (κ2) is 6.43. The van der Waals surface area contributed by atoms with Crippen molar-refractivity contribution in [1.82, 2.24) is 9.55 Å². The first-order valence-electron chi connectivity index (χ1n) is 7.26. The van der Waals surface area contributed by atoms with Gasteiger partial charge in [-0.15, -0.1) is 0 Å². The van der Waals surface area contributed by atoms with E-state index < -0.39 is 9.84 Å². The predicted octanol–water partition coefficient (Wildman–Crippen LogP) is 3.27. The van der Waals surface area contributed by atoms with Crippen molar-refractivity contribution in [3.05, 3.63) is 47.3 Å². The Hall–Kier alpha value is -1.62. The highest BCUT2D eigenvalue weighted by Gasteiger charge is 2.24. The molecular weight excluding hydrogens is 284 g/mol. The van der Waals surface area contributed by atoms with E-state index in [9.17, 15) is 8.42 Å². The summed E-state index contributed by atoms with van der Waals surface area (Å²) in [6, 6.07) is 9.25. The molecule has 114 valence electrons. The Labute approximate surface area is 126 Å². The maximum absolute atomic E-state index is 12.7. The molecule has 4 nitrogen and oxygen atoms in total. The van der Waals surface area contributed by atoms with Crippen molar-refractivity contribution < 1.29 is 8.42 Å². The van der Waals surface area contributed by atoms with Crippen molar-refractivity contribution in [2.75, 3.05) is 0 Å². The summed E-state index contributed by atoms with van der Waals surface area (Å²) in [6.07, 6.45) is 1.97. The third kappa shape index (κ3) is 3.53. The number of unbranched alkanes of at least 4 members (excludes halogenated alkanes) is 1. The van der Waals surface area contributed by atoms with Gasteiger partial charge in [0.2, 0.25) is 15.0 Å². The zero-order valence-electron chi connectivity index (χ0n) is 12.8. The fraction of sp³-hybridized carbons (Fsp3) is 0.438. The third-order valence-corrected chi connectivity index (χ3v) is 5.22. The Balaban J connectivity index is 2.38. The first-order valence-corrected chi connectivity index (χ1v) is 8.91. The maximum Gasteiger partial charge on any atom is 0.228 e. The molecule has 0 saturated carbocycles. The quantitative estimate of drug-likeness (QED) is 0.823. The highest BCUT2D eigenvalue weighted by Crippen LogP contribution is 2.20. The summed E-state index contributed by atoms with van der Waals surface area (Å²) in [7, 11) is -3.42. The standard InChI is InChI=1S/C16H22N2O2S/c1-4-5-11-18-14(3)13(2)17-16(18)21(19,20)12-15-9-7-6-8-10-15/h6-10H,4-5,11-12H2,1-3H3. The normalized spacial score (nSPS) is 11.8. The summed E-state index contributed by atoms with van der Waals surface area (Å²) in [6.45, 7) is 6.59. The lowest BCUT2D eigenvalue weighted by molar-refractivity contribution is 0.538.